The van der Waals surface area contributed by atoms with E-state index in [9.17, 15) is 4.39 Å². The molecule has 0 N–H and O–H groups in total. The maximum atomic E-state index is 14.0. The van der Waals surface area contributed by atoms with Crippen molar-refractivity contribution in [1.29, 1.82) is 0 Å². The Hall–Kier alpha value is -1.75. The molecule has 0 spiro atoms. The number of fused-ring (bicyclic) bond motifs is 1. The molecular weight excluding hydrogens is 235 g/mol. The Morgan fingerprint density at radius 1 is 1.61 bits per heavy atom. The first kappa shape index (κ1) is 11.3. The summed E-state index contributed by atoms with van der Waals surface area (Å²) in [6, 6.07) is 1.77. The Kier molecular flexibility index (Phi) is 2.45. The predicted octanol–water partition coefficient (Wildman–Crippen LogP) is 2.36. The number of nitrogens with zero attached hydrogens (tertiary/aromatic N) is 6. The van der Waals surface area contributed by atoms with Crippen molar-refractivity contribution in [2.24, 2.45) is 5.11 Å². The molecule has 96 valence electrons. The van der Waals surface area contributed by atoms with Crippen LogP contribution in [0.25, 0.3) is 10.4 Å². The second-order valence-corrected chi connectivity index (χ2v) is 5.10. The molecule has 2 heterocycles. The summed E-state index contributed by atoms with van der Waals surface area (Å²) in [6.07, 6.45) is 1.89. The van der Waals surface area contributed by atoms with E-state index >= 15 is 0 Å². The molecule has 1 aliphatic heterocycles. The molecular formula is C11H15FN6. The van der Waals surface area contributed by atoms with Gasteiger partial charge >= 0.3 is 0 Å². The number of hydrogen-bond acceptors (Lipinski definition) is 3. The Morgan fingerprint density at radius 3 is 3.06 bits per heavy atom. The molecule has 18 heavy (non-hydrogen) atoms. The third-order valence-electron chi connectivity index (χ3n) is 3.67. The number of aryl methyl sites for hydroxylation is 1. The van der Waals surface area contributed by atoms with Crippen LogP contribution < -0.4 is 4.90 Å². The number of hydrogen-bond donors (Lipinski definition) is 0. The Labute approximate surface area is 104 Å². The lowest BCUT2D eigenvalue weighted by Crippen LogP contribution is -2.26. The standard InChI is InChI=1S/C11H15FN6/c1-17-7-8(14-16-13)2-5-18-10(17)6-9(15-18)11(12)3-4-11/h6,8H,2-5,7H2,1H3. The van der Waals surface area contributed by atoms with Gasteiger partial charge < -0.3 is 4.90 Å². The van der Waals surface area contributed by atoms with Gasteiger partial charge in [-0.2, -0.15) is 5.10 Å². The van der Waals surface area contributed by atoms with Gasteiger partial charge in [-0.3, -0.25) is 0 Å². The van der Waals surface area contributed by atoms with E-state index in [1.54, 1.807) is 0 Å². The first-order valence-electron chi connectivity index (χ1n) is 6.15. The maximum Gasteiger partial charge on any atom is 0.154 e. The molecule has 6 nitrogen and oxygen atoms in total. The predicted molar refractivity (Wildman–Crippen MR) is 65.1 cm³/mol. The summed E-state index contributed by atoms with van der Waals surface area (Å²) in [4.78, 5) is 4.84. The quantitative estimate of drug-likeness (QED) is 0.459. The average Bonchev–Trinajstić information content (AvgIpc) is 2.97. The van der Waals surface area contributed by atoms with E-state index in [0.29, 0.717) is 31.6 Å². The Morgan fingerprint density at radius 2 is 2.39 bits per heavy atom. The highest BCUT2D eigenvalue weighted by Gasteiger charge is 2.47. The van der Waals surface area contributed by atoms with Crippen LogP contribution in [0.5, 0.6) is 0 Å². The summed E-state index contributed by atoms with van der Waals surface area (Å²) in [7, 11) is 1.92. The molecule has 0 bridgehead atoms. The van der Waals surface area contributed by atoms with Crippen molar-refractivity contribution in [3.8, 4) is 0 Å². The third kappa shape index (κ3) is 1.80. The number of aromatic nitrogens is 2. The van der Waals surface area contributed by atoms with Crippen molar-refractivity contribution in [3.63, 3.8) is 0 Å². The zero-order valence-corrected chi connectivity index (χ0v) is 10.3. The van der Waals surface area contributed by atoms with Gasteiger partial charge in [0, 0.05) is 31.1 Å². The summed E-state index contributed by atoms with van der Waals surface area (Å²) >= 11 is 0. The lowest BCUT2D eigenvalue weighted by Gasteiger charge is -2.18. The van der Waals surface area contributed by atoms with Crippen molar-refractivity contribution in [2.75, 3.05) is 18.5 Å². The van der Waals surface area contributed by atoms with Crippen LogP contribution in [-0.4, -0.2) is 29.4 Å². The first-order valence-corrected chi connectivity index (χ1v) is 6.15. The summed E-state index contributed by atoms with van der Waals surface area (Å²) < 4.78 is 15.8. The fourth-order valence-electron chi connectivity index (χ4n) is 2.40. The van der Waals surface area contributed by atoms with E-state index < -0.39 is 5.67 Å². The number of anilines is 1. The molecule has 7 heteroatoms. The molecule has 1 aromatic heterocycles. The van der Waals surface area contributed by atoms with Gasteiger partial charge in [-0.1, -0.05) is 5.11 Å². The van der Waals surface area contributed by atoms with Gasteiger partial charge in [-0.05, 0) is 24.8 Å². The van der Waals surface area contributed by atoms with Gasteiger partial charge in [0.1, 0.15) is 11.5 Å². The first-order chi connectivity index (χ1) is 8.62. The smallest absolute Gasteiger partial charge is 0.154 e. The second kappa shape index (κ2) is 3.88. The molecule has 3 rings (SSSR count). The minimum absolute atomic E-state index is 0.0505. The van der Waals surface area contributed by atoms with Gasteiger partial charge in [-0.15, -0.1) is 0 Å². The molecule has 1 aliphatic carbocycles. The van der Waals surface area contributed by atoms with Gasteiger partial charge in [0.25, 0.3) is 0 Å². The number of likely N-dealkylation sites (N-methyl/N-ethyl adjacent to an activating group) is 1. The molecule has 1 unspecified atom stereocenters. The molecule has 1 fully saturated rings. The number of alkyl halides is 1. The highest BCUT2D eigenvalue weighted by molar-refractivity contribution is 5.43. The molecule has 0 aromatic carbocycles. The monoisotopic (exact) mass is 250 g/mol. The van der Waals surface area contributed by atoms with E-state index in [0.717, 1.165) is 12.2 Å². The zero-order chi connectivity index (χ0) is 12.8. The van der Waals surface area contributed by atoms with Crippen molar-refractivity contribution in [3.05, 3.63) is 22.2 Å². The fourth-order valence-corrected chi connectivity index (χ4v) is 2.40. The van der Waals surface area contributed by atoms with Crippen molar-refractivity contribution < 1.29 is 4.39 Å². The van der Waals surface area contributed by atoms with Crippen molar-refractivity contribution >= 4 is 5.82 Å². The van der Waals surface area contributed by atoms with Gasteiger partial charge in [0.05, 0.1) is 6.04 Å². The van der Waals surface area contributed by atoms with Crippen molar-refractivity contribution in [2.45, 2.75) is 37.5 Å². The molecule has 2 aliphatic rings. The van der Waals surface area contributed by atoms with Crippen LogP contribution in [0, 0.1) is 0 Å². The lowest BCUT2D eigenvalue weighted by atomic mass is 10.2. The number of azide groups is 1. The lowest BCUT2D eigenvalue weighted by molar-refractivity contribution is 0.306. The molecule has 0 saturated heterocycles. The van der Waals surface area contributed by atoms with Crippen LogP contribution in [0.15, 0.2) is 11.2 Å². The Balaban J connectivity index is 1.88. The summed E-state index contributed by atoms with van der Waals surface area (Å²) in [5, 5.41) is 8.12. The van der Waals surface area contributed by atoms with Crippen LogP contribution >= 0.6 is 0 Å². The molecule has 1 aromatic rings. The average molecular weight is 250 g/mol. The normalized spacial score (nSPS) is 25.0. The van der Waals surface area contributed by atoms with Crippen molar-refractivity contribution in [1.82, 2.24) is 9.78 Å². The number of halogens is 1. The highest BCUT2D eigenvalue weighted by atomic mass is 19.1. The molecule has 1 atom stereocenters. The van der Waals surface area contributed by atoms with Crippen LogP contribution in [0.2, 0.25) is 0 Å². The van der Waals surface area contributed by atoms with Gasteiger partial charge in [-0.25, -0.2) is 9.07 Å². The SMILES string of the molecule is CN1CC(N=[N+]=[N-])CCn2nc(C3(F)CC3)cc21. The second-order valence-electron chi connectivity index (χ2n) is 5.10. The van der Waals surface area contributed by atoms with E-state index in [2.05, 4.69) is 15.1 Å². The minimum Gasteiger partial charge on any atom is -0.359 e. The van der Waals surface area contributed by atoms with Crippen LogP contribution in [0.4, 0.5) is 10.2 Å². The summed E-state index contributed by atoms with van der Waals surface area (Å²) in [5.41, 5.74) is 7.85. The van der Waals surface area contributed by atoms with Gasteiger partial charge in [0.2, 0.25) is 0 Å². The van der Waals surface area contributed by atoms with E-state index in [4.69, 9.17) is 5.53 Å². The van der Waals surface area contributed by atoms with Gasteiger partial charge in [0.15, 0.2) is 5.67 Å². The highest BCUT2D eigenvalue weighted by Crippen LogP contribution is 2.49. The minimum atomic E-state index is -1.19. The van der Waals surface area contributed by atoms with E-state index in [-0.39, 0.29) is 6.04 Å². The summed E-state index contributed by atoms with van der Waals surface area (Å²) in [5.74, 6) is 0.907. The maximum absolute atomic E-state index is 14.0. The third-order valence-corrected chi connectivity index (χ3v) is 3.67. The van der Waals surface area contributed by atoms with Crippen LogP contribution in [0.1, 0.15) is 25.0 Å². The zero-order valence-electron chi connectivity index (χ0n) is 10.3. The largest absolute Gasteiger partial charge is 0.359 e. The number of rotatable bonds is 2. The molecule has 1 saturated carbocycles. The van der Waals surface area contributed by atoms with Crippen LogP contribution in [0.3, 0.4) is 0 Å². The van der Waals surface area contributed by atoms with E-state index in [1.807, 2.05) is 22.7 Å². The van der Waals surface area contributed by atoms with E-state index in [1.165, 1.54) is 0 Å². The topological polar surface area (TPSA) is 69.8 Å². The summed E-state index contributed by atoms with van der Waals surface area (Å²) in [6.45, 7) is 1.31. The van der Waals surface area contributed by atoms with Crippen LogP contribution in [-0.2, 0) is 12.2 Å². The molecule has 0 radical (unpaired) electrons. The molecule has 0 amide bonds. The Bertz CT molecular complexity index is 514. The fraction of sp³-hybridized carbons (Fsp3) is 0.727.